The SMILES string of the molecule is CCNC(=NCc1ccc(C(F)(F)F)cc1)NCCOc1cccnc1. The van der Waals surface area contributed by atoms with E-state index in [2.05, 4.69) is 20.6 Å². The number of nitrogens with zero attached hydrogens (tertiary/aromatic N) is 2. The molecule has 5 nitrogen and oxygen atoms in total. The highest BCUT2D eigenvalue weighted by Gasteiger charge is 2.29. The van der Waals surface area contributed by atoms with Crippen molar-refractivity contribution in [2.24, 2.45) is 4.99 Å². The van der Waals surface area contributed by atoms with E-state index >= 15 is 0 Å². The molecule has 2 aromatic rings. The van der Waals surface area contributed by atoms with Gasteiger partial charge in [0.2, 0.25) is 0 Å². The van der Waals surface area contributed by atoms with E-state index in [1.807, 2.05) is 13.0 Å². The minimum absolute atomic E-state index is 0.275. The smallest absolute Gasteiger partial charge is 0.416 e. The minimum Gasteiger partial charge on any atom is -0.490 e. The fourth-order valence-corrected chi connectivity index (χ4v) is 2.08. The molecule has 0 saturated heterocycles. The predicted octanol–water partition coefficient (Wildman–Crippen LogP) is 3.23. The topological polar surface area (TPSA) is 58.5 Å². The van der Waals surface area contributed by atoms with Crippen LogP contribution in [0.25, 0.3) is 0 Å². The summed E-state index contributed by atoms with van der Waals surface area (Å²) in [7, 11) is 0. The second-order valence-electron chi connectivity index (χ2n) is 5.35. The van der Waals surface area contributed by atoms with E-state index in [1.165, 1.54) is 12.1 Å². The maximum atomic E-state index is 12.6. The summed E-state index contributed by atoms with van der Waals surface area (Å²) in [4.78, 5) is 8.33. The van der Waals surface area contributed by atoms with E-state index < -0.39 is 11.7 Å². The molecule has 0 aliphatic carbocycles. The Hall–Kier alpha value is -2.77. The third-order valence-electron chi connectivity index (χ3n) is 3.34. The Morgan fingerprint density at radius 1 is 1.15 bits per heavy atom. The number of pyridine rings is 1. The lowest BCUT2D eigenvalue weighted by Crippen LogP contribution is -2.39. The van der Waals surface area contributed by atoms with Gasteiger partial charge >= 0.3 is 6.18 Å². The Kier molecular flexibility index (Phi) is 7.25. The van der Waals surface area contributed by atoms with Crippen LogP contribution in [0.4, 0.5) is 13.2 Å². The second-order valence-corrected chi connectivity index (χ2v) is 5.35. The second kappa shape index (κ2) is 9.65. The van der Waals surface area contributed by atoms with Crippen LogP contribution in [0.15, 0.2) is 53.8 Å². The lowest BCUT2D eigenvalue weighted by molar-refractivity contribution is -0.137. The number of nitrogens with one attached hydrogen (secondary N) is 2. The van der Waals surface area contributed by atoms with Gasteiger partial charge in [0.1, 0.15) is 12.4 Å². The molecule has 0 amide bonds. The number of aromatic nitrogens is 1. The largest absolute Gasteiger partial charge is 0.490 e. The number of rotatable bonds is 7. The Bertz CT molecular complexity index is 688. The maximum Gasteiger partial charge on any atom is 0.416 e. The fourth-order valence-electron chi connectivity index (χ4n) is 2.08. The molecular formula is C18H21F3N4O. The molecule has 1 heterocycles. The normalized spacial score (nSPS) is 11.9. The van der Waals surface area contributed by atoms with Crippen LogP contribution in [0.5, 0.6) is 5.75 Å². The summed E-state index contributed by atoms with van der Waals surface area (Å²) in [5, 5.41) is 6.19. The molecule has 0 radical (unpaired) electrons. The van der Waals surface area contributed by atoms with E-state index in [0.29, 0.717) is 37.0 Å². The molecule has 0 atom stereocenters. The quantitative estimate of drug-likeness (QED) is 0.449. The van der Waals surface area contributed by atoms with Crippen molar-refractivity contribution in [3.05, 3.63) is 59.9 Å². The number of halogens is 3. The standard InChI is InChI=1S/C18H21F3N4O/c1-2-23-17(24-10-11-26-16-4-3-9-22-13-16)25-12-14-5-7-15(8-6-14)18(19,20)21/h3-9,13H,2,10-12H2,1H3,(H2,23,24,25). The van der Waals surface area contributed by atoms with Gasteiger partial charge in [0.05, 0.1) is 24.8 Å². The van der Waals surface area contributed by atoms with Gasteiger partial charge in [0.15, 0.2) is 5.96 Å². The van der Waals surface area contributed by atoms with Crippen LogP contribution in [0.3, 0.4) is 0 Å². The summed E-state index contributed by atoms with van der Waals surface area (Å²) >= 11 is 0. The van der Waals surface area contributed by atoms with Crippen molar-refractivity contribution in [3.8, 4) is 5.75 Å². The Morgan fingerprint density at radius 3 is 2.54 bits per heavy atom. The lowest BCUT2D eigenvalue weighted by Gasteiger charge is -2.12. The Balaban J connectivity index is 1.83. The molecule has 0 spiro atoms. The number of guanidine groups is 1. The van der Waals surface area contributed by atoms with Crippen LogP contribution in [-0.2, 0) is 12.7 Å². The highest BCUT2D eigenvalue weighted by Crippen LogP contribution is 2.29. The summed E-state index contributed by atoms with van der Waals surface area (Å²) in [6.45, 7) is 3.82. The molecule has 2 rings (SSSR count). The van der Waals surface area contributed by atoms with Crippen molar-refractivity contribution >= 4 is 5.96 Å². The number of benzene rings is 1. The average Bonchev–Trinajstić information content (AvgIpc) is 2.63. The molecule has 2 N–H and O–H groups in total. The minimum atomic E-state index is -4.33. The molecule has 1 aromatic carbocycles. The summed E-state index contributed by atoms with van der Waals surface area (Å²) in [6.07, 6.45) is -1.03. The van der Waals surface area contributed by atoms with E-state index in [-0.39, 0.29) is 6.54 Å². The molecule has 0 aliphatic rings. The zero-order valence-corrected chi connectivity index (χ0v) is 14.4. The van der Waals surface area contributed by atoms with Crippen LogP contribution in [0.2, 0.25) is 0 Å². The first-order chi connectivity index (χ1) is 12.5. The van der Waals surface area contributed by atoms with Crippen molar-refractivity contribution in [1.29, 1.82) is 0 Å². The molecule has 0 bridgehead atoms. The number of aliphatic imine (C=N–C) groups is 1. The van der Waals surface area contributed by atoms with Gasteiger partial charge in [-0.2, -0.15) is 13.2 Å². The highest BCUT2D eigenvalue weighted by molar-refractivity contribution is 5.79. The summed E-state index contributed by atoms with van der Waals surface area (Å²) in [6, 6.07) is 8.60. The van der Waals surface area contributed by atoms with Crippen LogP contribution < -0.4 is 15.4 Å². The third kappa shape index (κ3) is 6.62. The molecule has 0 fully saturated rings. The Labute approximate surface area is 150 Å². The van der Waals surface area contributed by atoms with Gasteiger partial charge in [-0.05, 0) is 36.8 Å². The van der Waals surface area contributed by atoms with Crippen LogP contribution in [0, 0.1) is 0 Å². The van der Waals surface area contributed by atoms with E-state index in [1.54, 1.807) is 18.5 Å². The molecule has 0 aliphatic heterocycles. The first-order valence-corrected chi connectivity index (χ1v) is 8.20. The first kappa shape index (κ1) is 19.6. The van der Waals surface area contributed by atoms with Crippen molar-refractivity contribution in [2.75, 3.05) is 19.7 Å². The van der Waals surface area contributed by atoms with Crippen LogP contribution in [0.1, 0.15) is 18.1 Å². The zero-order valence-electron chi connectivity index (χ0n) is 14.4. The average molecular weight is 366 g/mol. The van der Waals surface area contributed by atoms with E-state index in [0.717, 1.165) is 12.1 Å². The number of hydrogen-bond acceptors (Lipinski definition) is 3. The summed E-state index contributed by atoms with van der Waals surface area (Å²) in [5.41, 5.74) is 0.0321. The molecule has 0 saturated carbocycles. The number of hydrogen-bond donors (Lipinski definition) is 2. The van der Waals surface area contributed by atoms with Crippen molar-refractivity contribution in [2.45, 2.75) is 19.6 Å². The molecular weight excluding hydrogens is 345 g/mol. The third-order valence-corrected chi connectivity index (χ3v) is 3.34. The number of ether oxygens (including phenoxy) is 1. The lowest BCUT2D eigenvalue weighted by atomic mass is 10.1. The number of alkyl halides is 3. The van der Waals surface area contributed by atoms with Gasteiger partial charge in [-0.1, -0.05) is 12.1 Å². The van der Waals surface area contributed by atoms with Gasteiger partial charge in [0.25, 0.3) is 0 Å². The van der Waals surface area contributed by atoms with Crippen molar-refractivity contribution in [1.82, 2.24) is 15.6 Å². The van der Waals surface area contributed by atoms with Crippen LogP contribution >= 0.6 is 0 Å². The molecule has 140 valence electrons. The zero-order chi connectivity index (χ0) is 18.8. The summed E-state index contributed by atoms with van der Waals surface area (Å²) in [5.74, 6) is 1.25. The van der Waals surface area contributed by atoms with Crippen LogP contribution in [-0.4, -0.2) is 30.6 Å². The molecule has 0 unspecified atom stereocenters. The molecule has 1 aromatic heterocycles. The predicted molar refractivity (Wildman–Crippen MR) is 94.0 cm³/mol. The van der Waals surface area contributed by atoms with E-state index in [9.17, 15) is 13.2 Å². The van der Waals surface area contributed by atoms with E-state index in [4.69, 9.17) is 4.74 Å². The van der Waals surface area contributed by atoms with Gasteiger partial charge in [-0.15, -0.1) is 0 Å². The van der Waals surface area contributed by atoms with Crippen molar-refractivity contribution < 1.29 is 17.9 Å². The van der Waals surface area contributed by atoms with Gasteiger partial charge in [-0.25, -0.2) is 4.99 Å². The maximum absolute atomic E-state index is 12.6. The molecule has 26 heavy (non-hydrogen) atoms. The Morgan fingerprint density at radius 2 is 1.92 bits per heavy atom. The monoisotopic (exact) mass is 366 g/mol. The molecule has 8 heteroatoms. The first-order valence-electron chi connectivity index (χ1n) is 8.20. The van der Waals surface area contributed by atoms with Crippen molar-refractivity contribution in [3.63, 3.8) is 0 Å². The highest BCUT2D eigenvalue weighted by atomic mass is 19.4. The fraction of sp³-hybridized carbons (Fsp3) is 0.333. The van der Waals surface area contributed by atoms with Gasteiger partial charge in [0, 0.05) is 12.7 Å². The van der Waals surface area contributed by atoms with Gasteiger partial charge < -0.3 is 15.4 Å². The van der Waals surface area contributed by atoms with Gasteiger partial charge in [-0.3, -0.25) is 4.98 Å². The summed E-state index contributed by atoms with van der Waals surface area (Å²) < 4.78 is 43.2.